The number of nitrogens with zero attached hydrogens (tertiary/aromatic N) is 1. The summed E-state index contributed by atoms with van der Waals surface area (Å²) in [5.74, 6) is 0.889. The highest BCUT2D eigenvalue weighted by molar-refractivity contribution is 5.88. The van der Waals surface area contributed by atoms with Gasteiger partial charge in [0.1, 0.15) is 11.5 Å². The Bertz CT molecular complexity index is 1040. The van der Waals surface area contributed by atoms with Crippen LogP contribution in [0.5, 0.6) is 11.5 Å². The molecule has 0 spiro atoms. The number of H-pyrrole nitrogens is 1. The number of hydrogen-bond donors (Lipinski definition) is 2. The number of unbranched alkanes of at least 4 members (excludes halogenated alkanes) is 1. The Hall–Kier alpha value is -3.61. The molecule has 3 aromatic rings. The molecule has 0 fully saturated rings. The number of pyridine rings is 1. The SMILES string of the molecule is CCCCOc1ccc(OCC(=O)N/N=C\c2cc3ccccc3[nH]c2=O)cc1. The number of rotatable bonds is 9. The Morgan fingerprint density at radius 1 is 1.10 bits per heavy atom. The van der Waals surface area contributed by atoms with Crippen LogP contribution < -0.4 is 20.5 Å². The van der Waals surface area contributed by atoms with Gasteiger partial charge in [-0.15, -0.1) is 0 Å². The molecule has 150 valence electrons. The van der Waals surface area contributed by atoms with Crippen molar-refractivity contribution < 1.29 is 14.3 Å². The van der Waals surface area contributed by atoms with Crippen LogP contribution in [0.15, 0.2) is 64.5 Å². The monoisotopic (exact) mass is 393 g/mol. The Labute approximate surface area is 168 Å². The molecule has 2 N–H and O–H groups in total. The summed E-state index contributed by atoms with van der Waals surface area (Å²) in [6.45, 7) is 2.59. The van der Waals surface area contributed by atoms with Crippen LogP contribution in [-0.2, 0) is 4.79 Å². The van der Waals surface area contributed by atoms with Gasteiger partial charge in [0.25, 0.3) is 11.5 Å². The van der Waals surface area contributed by atoms with Crippen LogP contribution in [0, 0.1) is 0 Å². The largest absolute Gasteiger partial charge is 0.494 e. The van der Waals surface area contributed by atoms with E-state index in [1.165, 1.54) is 6.21 Å². The number of aromatic nitrogens is 1. The molecule has 1 amide bonds. The van der Waals surface area contributed by atoms with Crippen LogP contribution >= 0.6 is 0 Å². The lowest BCUT2D eigenvalue weighted by Crippen LogP contribution is -2.25. The lowest BCUT2D eigenvalue weighted by atomic mass is 10.2. The van der Waals surface area contributed by atoms with E-state index in [1.54, 1.807) is 30.3 Å². The molecule has 0 unspecified atom stereocenters. The Morgan fingerprint density at radius 3 is 2.59 bits per heavy atom. The van der Waals surface area contributed by atoms with Gasteiger partial charge in [-0.25, -0.2) is 5.43 Å². The van der Waals surface area contributed by atoms with Crippen molar-refractivity contribution in [1.82, 2.24) is 10.4 Å². The molecule has 2 aromatic carbocycles. The molecule has 7 heteroatoms. The molecule has 3 rings (SSSR count). The lowest BCUT2D eigenvalue weighted by Gasteiger charge is -2.07. The van der Waals surface area contributed by atoms with E-state index in [4.69, 9.17) is 9.47 Å². The quantitative estimate of drug-likeness (QED) is 0.332. The van der Waals surface area contributed by atoms with Gasteiger partial charge in [0, 0.05) is 5.52 Å². The maximum Gasteiger partial charge on any atom is 0.277 e. The molecular formula is C22H23N3O4. The van der Waals surface area contributed by atoms with Gasteiger partial charge in [-0.3, -0.25) is 9.59 Å². The van der Waals surface area contributed by atoms with Crippen molar-refractivity contribution in [3.8, 4) is 11.5 Å². The fraction of sp³-hybridized carbons (Fsp3) is 0.227. The van der Waals surface area contributed by atoms with E-state index in [1.807, 2.05) is 24.3 Å². The first kappa shape index (κ1) is 20.1. The molecule has 0 aliphatic carbocycles. The molecule has 0 saturated carbocycles. The second-order valence-corrected chi connectivity index (χ2v) is 6.40. The summed E-state index contributed by atoms with van der Waals surface area (Å²) in [5, 5.41) is 4.71. The molecule has 0 bridgehead atoms. The number of nitrogens with one attached hydrogen (secondary N) is 2. The summed E-state index contributed by atoms with van der Waals surface area (Å²) in [4.78, 5) is 26.7. The highest BCUT2D eigenvalue weighted by Gasteiger charge is 2.03. The van der Waals surface area contributed by atoms with Crippen LogP contribution in [0.3, 0.4) is 0 Å². The summed E-state index contributed by atoms with van der Waals surface area (Å²) in [7, 11) is 0. The number of fused-ring (bicyclic) bond motifs is 1. The minimum atomic E-state index is -0.429. The van der Waals surface area contributed by atoms with Gasteiger partial charge in [-0.05, 0) is 48.2 Å². The van der Waals surface area contributed by atoms with Gasteiger partial charge < -0.3 is 14.5 Å². The summed E-state index contributed by atoms with van der Waals surface area (Å²) in [6.07, 6.45) is 3.39. The first-order valence-electron chi connectivity index (χ1n) is 9.45. The predicted octanol–water partition coefficient (Wildman–Crippen LogP) is 3.24. The second kappa shape index (κ2) is 10.1. The average molecular weight is 393 g/mol. The highest BCUT2D eigenvalue weighted by atomic mass is 16.5. The summed E-state index contributed by atoms with van der Waals surface area (Å²) >= 11 is 0. The van der Waals surface area contributed by atoms with E-state index in [0.717, 1.165) is 29.5 Å². The zero-order valence-electron chi connectivity index (χ0n) is 16.2. The lowest BCUT2D eigenvalue weighted by molar-refractivity contribution is -0.123. The van der Waals surface area contributed by atoms with E-state index in [-0.39, 0.29) is 12.2 Å². The van der Waals surface area contributed by atoms with Crippen molar-refractivity contribution in [2.45, 2.75) is 19.8 Å². The van der Waals surface area contributed by atoms with E-state index in [2.05, 4.69) is 22.4 Å². The van der Waals surface area contributed by atoms with Crippen LogP contribution in [-0.4, -0.2) is 30.3 Å². The molecule has 29 heavy (non-hydrogen) atoms. The average Bonchev–Trinajstić information content (AvgIpc) is 2.74. The number of carbonyl (C=O) groups excluding carboxylic acids is 1. The number of hydrogen-bond acceptors (Lipinski definition) is 5. The summed E-state index contributed by atoms with van der Waals surface area (Å²) < 4.78 is 11.0. The fourth-order valence-electron chi connectivity index (χ4n) is 2.58. The number of hydrazone groups is 1. The Balaban J connectivity index is 1.48. The van der Waals surface area contributed by atoms with Crippen molar-refractivity contribution in [2.24, 2.45) is 5.10 Å². The first-order chi connectivity index (χ1) is 14.2. The minimum Gasteiger partial charge on any atom is -0.494 e. The van der Waals surface area contributed by atoms with Crippen LogP contribution in [0.1, 0.15) is 25.3 Å². The second-order valence-electron chi connectivity index (χ2n) is 6.40. The van der Waals surface area contributed by atoms with Gasteiger partial charge in [-0.1, -0.05) is 31.5 Å². The van der Waals surface area contributed by atoms with Gasteiger partial charge in [-0.2, -0.15) is 5.10 Å². The Kier molecular flexibility index (Phi) is 7.00. The standard InChI is InChI=1S/C22H23N3O4/c1-2-3-12-28-18-8-10-19(11-9-18)29-15-21(26)25-23-14-17-13-16-6-4-5-7-20(16)24-22(17)27/h4-11,13-14H,2-3,12,15H2,1H3,(H,24,27)(H,25,26)/b23-14-. The molecule has 1 aromatic heterocycles. The van der Waals surface area contributed by atoms with E-state index in [0.29, 0.717) is 17.9 Å². The van der Waals surface area contributed by atoms with Crippen molar-refractivity contribution in [2.75, 3.05) is 13.2 Å². The van der Waals surface area contributed by atoms with Gasteiger partial charge in [0.2, 0.25) is 0 Å². The molecule has 0 aliphatic heterocycles. The van der Waals surface area contributed by atoms with E-state index in [9.17, 15) is 9.59 Å². The number of aromatic amines is 1. The third kappa shape index (κ3) is 5.93. The van der Waals surface area contributed by atoms with Crippen LogP contribution in [0.4, 0.5) is 0 Å². The smallest absolute Gasteiger partial charge is 0.277 e. The Morgan fingerprint density at radius 2 is 1.83 bits per heavy atom. The van der Waals surface area contributed by atoms with E-state index < -0.39 is 5.91 Å². The van der Waals surface area contributed by atoms with Crippen LogP contribution in [0.25, 0.3) is 10.9 Å². The van der Waals surface area contributed by atoms with Crippen LogP contribution in [0.2, 0.25) is 0 Å². The maximum absolute atomic E-state index is 12.0. The summed E-state index contributed by atoms with van der Waals surface area (Å²) in [6, 6.07) is 16.2. The topological polar surface area (TPSA) is 92.8 Å². The summed E-state index contributed by atoms with van der Waals surface area (Å²) in [5.41, 5.74) is 3.17. The molecule has 0 aliphatic rings. The molecular weight excluding hydrogens is 370 g/mol. The zero-order chi connectivity index (χ0) is 20.5. The normalized spacial score (nSPS) is 10.9. The number of ether oxygens (including phenoxy) is 2. The van der Waals surface area contributed by atoms with Crippen molar-refractivity contribution in [3.63, 3.8) is 0 Å². The highest BCUT2D eigenvalue weighted by Crippen LogP contribution is 2.17. The third-order valence-electron chi connectivity index (χ3n) is 4.14. The van der Waals surface area contributed by atoms with Gasteiger partial charge >= 0.3 is 0 Å². The van der Waals surface area contributed by atoms with Crippen molar-refractivity contribution in [1.29, 1.82) is 0 Å². The molecule has 0 saturated heterocycles. The molecule has 0 radical (unpaired) electrons. The number of benzene rings is 2. The fourth-order valence-corrected chi connectivity index (χ4v) is 2.58. The minimum absolute atomic E-state index is 0.193. The molecule has 1 heterocycles. The molecule has 7 nitrogen and oxygen atoms in total. The maximum atomic E-state index is 12.0. The number of amides is 1. The molecule has 0 atom stereocenters. The third-order valence-corrected chi connectivity index (χ3v) is 4.14. The number of carbonyl (C=O) groups is 1. The van der Waals surface area contributed by atoms with Gasteiger partial charge in [0.05, 0.1) is 18.4 Å². The predicted molar refractivity (Wildman–Crippen MR) is 113 cm³/mol. The zero-order valence-corrected chi connectivity index (χ0v) is 16.2. The van der Waals surface area contributed by atoms with E-state index >= 15 is 0 Å². The van der Waals surface area contributed by atoms with Gasteiger partial charge in [0.15, 0.2) is 6.61 Å². The van der Waals surface area contributed by atoms with Crippen molar-refractivity contribution >= 4 is 23.0 Å². The first-order valence-corrected chi connectivity index (χ1v) is 9.45. The number of para-hydroxylation sites is 1. The van der Waals surface area contributed by atoms with Crippen molar-refractivity contribution in [3.05, 3.63) is 70.5 Å².